The Kier molecular flexibility index (Phi) is 22.0. The molecule has 0 rings (SSSR count). The molecule has 258 valence electrons. The van der Waals surface area contributed by atoms with Crippen molar-refractivity contribution in [2.45, 2.75) is 82.8 Å². The maximum atomic E-state index is 13.5. The molecular weight excluding hydrogens is 614 g/mol. The number of hydrogen-bond acceptors (Lipinski definition) is 14. The first-order valence-electron chi connectivity index (χ1n) is 14.4. The smallest absolute Gasteiger partial charge is 0.413 e. The minimum absolute atomic E-state index is 0.0165. The normalized spacial score (nSPS) is 13.6. The number of alkyl carbamates (subject to hydrolysis) is 1. The van der Waals surface area contributed by atoms with E-state index in [4.69, 9.17) is 26.8 Å². The fourth-order valence-corrected chi connectivity index (χ4v) is 4.21. The molecule has 0 aliphatic heterocycles. The Morgan fingerprint density at radius 3 is 2.04 bits per heavy atom. The van der Waals surface area contributed by atoms with Gasteiger partial charge in [0.05, 0.1) is 25.7 Å². The van der Waals surface area contributed by atoms with Gasteiger partial charge in [0.15, 0.2) is 0 Å². The molecule has 0 aromatic carbocycles. The Morgan fingerprint density at radius 1 is 0.867 bits per heavy atom. The number of imide groups is 1. The van der Waals surface area contributed by atoms with Crippen LogP contribution in [0.25, 0.3) is 0 Å². The van der Waals surface area contributed by atoms with Crippen molar-refractivity contribution in [3.05, 3.63) is 12.3 Å². The summed E-state index contributed by atoms with van der Waals surface area (Å²) in [6.07, 6.45) is -0.0742. The van der Waals surface area contributed by atoms with Gasteiger partial charge in [0.2, 0.25) is 17.7 Å². The molecule has 0 aliphatic rings. The number of carbonyl (C=O) groups is 6. The van der Waals surface area contributed by atoms with Crippen molar-refractivity contribution in [3.8, 4) is 0 Å². The highest BCUT2D eigenvalue weighted by Crippen LogP contribution is 2.11. The van der Waals surface area contributed by atoms with Crippen LogP contribution in [0.5, 0.6) is 0 Å². The maximum Gasteiger partial charge on any atom is 0.413 e. The third kappa shape index (κ3) is 19.5. The second-order valence-electron chi connectivity index (χ2n) is 9.66. The molecule has 0 aliphatic carbocycles. The quantitative estimate of drug-likeness (QED) is 0.0278. The van der Waals surface area contributed by atoms with Gasteiger partial charge >= 0.3 is 12.1 Å². The summed E-state index contributed by atoms with van der Waals surface area (Å²) in [5, 5.41) is 22.3. The summed E-state index contributed by atoms with van der Waals surface area (Å²) in [6, 6.07) is -4.34. The molecule has 13 N–H and O–H groups in total. The van der Waals surface area contributed by atoms with Crippen LogP contribution in [0.3, 0.4) is 0 Å². The van der Waals surface area contributed by atoms with E-state index in [1.165, 1.54) is 11.8 Å². The van der Waals surface area contributed by atoms with Crippen LogP contribution in [-0.2, 0) is 33.5 Å². The van der Waals surface area contributed by atoms with Gasteiger partial charge in [-0.2, -0.15) is 17.2 Å². The van der Waals surface area contributed by atoms with Gasteiger partial charge in [-0.15, -0.1) is 0 Å². The summed E-state index contributed by atoms with van der Waals surface area (Å²) in [6.45, 7) is 7.69. The first-order chi connectivity index (χ1) is 21.2. The minimum atomic E-state index is -1.23. The van der Waals surface area contributed by atoms with E-state index in [9.17, 15) is 33.9 Å². The number of carboxylic acid groups (broad SMARTS) is 1. The second kappa shape index (κ2) is 23.8. The highest BCUT2D eigenvalue weighted by atomic mass is 32.2. The third-order valence-electron chi connectivity index (χ3n) is 5.95. The van der Waals surface area contributed by atoms with Crippen molar-refractivity contribution in [1.82, 2.24) is 32.1 Å². The molecule has 18 nitrogen and oxygen atoms in total. The SMILES string of the molecule is C=C(N[C@@H](CCC(N)=O)C(=O)N[C@@H](CCCNC(N)N)C(=O)NC(=O)OCC)[C@H](CCSC)NC(=O)[C@H](CC(=O)O)NOCC. The van der Waals surface area contributed by atoms with Crippen LogP contribution in [0.1, 0.15) is 52.4 Å². The lowest BCUT2D eigenvalue weighted by atomic mass is 10.0. The first-order valence-corrected chi connectivity index (χ1v) is 15.8. The number of hydroxylamine groups is 1. The standard InChI is InChI=1S/C26H49N9O9S/c1-5-43-26(42)34-23(40)17(8-7-12-30-25(28)29)33-22(39)18(9-10-20(27)36)31-15(3)16(11-13-45-4)32-24(41)19(14-21(37)38)35-44-6-2/h16-19,25,30-31,35H,3,5-14,28-29H2,1-2,4H3,(H2,27,36)(H,32,41)(H,33,39)(H,37,38)(H,34,40,42)/t16-,17-,18-,19-/m0/s1. The van der Waals surface area contributed by atoms with Crippen LogP contribution in [0.2, 0.25) is 0 Å². The predicted octanol–water partition coefficient (Wildman–Crippen LogP) is -2.33. The van der Waals surface area contributed by atoms with Crippen molar-refractivity contribution in [3.63, 3.8) is 0 Å². The first kappa shape index (κ1) is 41.5. The topological polar surface area (TPSA) is 291 Å². The van der Waals surface area contributed by atoms with E-state index >= 15 is 0 Å². The van der Waals surface area contributed by atoms with E-state index in [-0.39, 0.29) is 38.2 Å². The summed E-state index contributed by atoms with van der Waals surface area (Å²) in [5.74, 6) is -3.59. The number of thioether (sulfide) groups is 1. The van der Waals surface area contributed by atoms with Gasteiger partial charge in [-0.05, 0) is 58.1 Å². The highest BCUT2D eigenvalue weighted by molar-refractivity contribution is 7.98. The van der Waals surface area contributed by atoms with Crippen LogP contribution in [-0.4, -0.2) is 103 Å². The van der Waals surface area contributed by atoms with Crippen molar-refractivity contribution >= 4 is 47.5 Å². The highest BCUT2D eigenvalue weighted by Gasteiger charge is 2.30. The van der Waals surface area contributed by atoms with E-state index in [1.54, 1.807) is 13.8 Å². The van der Waals surface area contributed by atoms with Gasteiger partial charge in [0, 0.05) is 12.1 Å². The number of rotatable bonds is 25. The molecule has 45 heavy (non-hydrogen) atoms. The molecule has 4 atom stereocenters. The van der Waals surface area contributed by atoms with E-state index in [0.29, 0.717) is 25.1 Å². The molecule has 0 heterocycles. The number of aliphatic carboxylic acids is 1. The largest absolute Gasteiger partial charge is 0.481 e. The van der Waals surface area contributed by atoms with Gasteiger partial charge < -0.3 is 47.8 Å². The van der Waals surface area contributed by atoms with Gasteiger partial charge in [-0.25, -0.2) is 4.79 Å². The molecule has 19 heteroatoms. The molecule has 0 aromatic heterocycles. The van der Waals surface area contributed by atoms with Gasteiger partial charge in [0.25, 0.3) is 5.91 Å². The Labute approximate surface area is 267 Å². The van der Waals surface area contributed by atoms with Crippen LogP contribution in [0.15, 0.2) is 12.3 Å². The van der Waals surface area contributed by atoms with Gasteiger partial charge in [0.1, 0.15) is 24.4 Å². The molecule has 0 saturated heterocycles. The minimum Gasteiger partial charge on any atom is -0.481 e. The molecule has 0 unspecified atom stereocenters. The summed E-state index contributed by atoms with van der Waals surface area (Å²) >= 11 is 1.48. The fraction of sp³-hybridized carbons (Fsp3) is 0.692. The molecule has 0 spiro atoms. The molecule has 5 amide bonds. The zero-order valence-electron chi connectivity index (χ0n) is 26.0. The van der Waals surface area contributed by atoms with E-state index in [0.717, 1.165) is 0 Å². The molecule has 0 radical (unpaired) electrons. The van der Waals surface area contributed by atoms with Crippen LogP contribution < -0.4 is 49.3 Å². The number of carboxylic acids is 1. The third-order valence-corrected chi connectivity index (χ3v) is 6.60. The molecule has 0 fully saturated rings. The maximum absolute atomic E-state index is 13.5. The number of nitrogens with two attached hydrogens (primary N) is 3. The van der Waals surface area contributed by atoms with E-state index in [1.807, 2.05) is 6.26 Å². The lowest BCUT2D eigenvalue weighted by molar-refractivity contribution is -0.142. The Hall–Kier alpha value is -3.49. The van der Waals surface area contributed by atoms with Crippen molar-refractivity contribution in [1.29, 1.82) is 0 Å². The zero-order valence-corrected chi connectivity index (χ0v) is 26.8. The van der Waals surface area contributed by atoms with Crippen LogP contribution in [0.4, 0.5) is 4.79 Å². The Bertz CT molecular complexity index is 988. The number of amides is 5. The number of nitrogens with one attached hydrogen (secondary N) is 6. The predicted molar refractivity (Wildman–Crippen MR) is 167 cm³/mol. The molecular formula is C26H49N9O9S. The number of primary amides is 1. The summed E-state index contributed by atoms with van der Waals surface area (Å²) in [7, 11) is 0. The second-order valence-corrected chi connectivity index (χ2v) is 10.6. The van der Waals surface area contributed by atoms with Gasteiger partial charge in [-0.3, -0.25) is 34.6 Å². The Balaban J connectivity index is 5.95. The number of ether oxygens (including phenoxy) is 1. The fourth-order valence-electron chi connectivity index (χ4n) is 3.74. The van der Waals surface area contributed by atoms with Crippen molar-refractivity contribution in [2.75, 3.05) is 31.8 Å². The number of carbonyl (C=O) groups excluding carboxylic acids is 5. The Morgan fingerprint density at radius 2 is 1.49 bits per heavy atom. The summed E-state index contributed by atoms with van der Waals surface area (Å²) in [4.78, 5) is 79.1. The lowest BCUT2D eigenvalue weighted by Crippen LogP contribution is -2.55. The average Bonchev–Trinajstić information content (AvgIpc) is 2.96. The average molecular weight is 664 g/mol. The monoisotopic (exact) mass is 663 g/mol. The van der Waals surface area contributed by atoms with E-state index < -0.39 is 72.6 Å². The van der Waals surface area contributed by atoms with Gasteiger partial charge in [-0.1, -0.05) is 6.58 Å². The van der Waals surface area contributed by atoms with Crippen molar-refractivity contribution in [2.24, 2.45) is 17.2 Å². The zero-order chi connectivity index (χ0) is 34.4. The summed E-state index contributed by atoms with van der Waals surface area (Å²) < 4.78 is 4.75. The lowest BCUT2D eigenvalue weighted by Gasteiger charge is -2.29. The molecule has 0 bridgehead atoms. The van der Waals surface area contributed by atoms with Crippen LogP contribution in [0, 0.1) is 0 Å². The van der Waals surface area contributed by atoms with Crippen LogP contribution >= 0.6 is 11.8 Å². The van der Waals surface area contributed by atoms with E-state index in [2.05, 4.69) is 38.6 Å². The molecule has 0 aromatic rings. The number of hydrogen-bond donors (Lipinski definition) is 10. The molecule has 0 saturated carbocycles. The van der Waals surface area contributed by atoms with Crippen molar-refractivity contribution < 1.29 is 43.4 Å². The summed E-state index contributed by atoms with van der Waals surface area (Å²) in [5.41, 5.74) is 18.9.